The summed E-state index contributed by atoms with van der Waals surface area (Å²) < 4.78 is 33.9. The zero-order valence-electron chi connectivity index (χ0n) is 14.5. The average Bonchev–Trinajstić information content (AvgIpc) is 3.07. The number of hydrogen-bond acceptors (Lipinski definition) is 10. The summed E-state index contributed by atoms with van der Waals surface area (Å²) in [5, 5.41) is 20.3. The average molecular weight is 448 g/mol. The Balaban J connectivity index is 0.00000280. The van der Waals surface area contributed by atoms with E-state index in [4.69, 9.17) is 20.3 Å². The molecule has 2 aromatic heterocycles. The Kier molecular flexibility index (Phi) is 7.41. The number of imidazole rings is 1. The molecule has 1 fully saturated rings. The van der Waals surface area contributed by atoms with E-state index in [1.165, 1.54) is 17.2 Å². The largest absolute Gasteiger partial charge is 0.387 e. The first-order valence-corrected chi connectivity index (χ1v) is 11.0. The van der Waals surface area contributed by atoms with Crippen molar-refractivity contribution in [3.63, 3.8) is 0 Å². The van der Waals surface area contributed by atoms with E-state index in [0.29, 0.717) is 0 Å². The number of aliphatic hydroxyl groups excluding tert-OH is 2. The molecule has 3 heterocycles. The van der Waals surface area contributed by atoms with E-state index < -0.39 is 52.2 Å². The van der Waals surface area contributed by atoms with Crippen LogP contribution < -0.4 is 5.73 Å². The van der Waals surface area contributed by atoms with E-state index >= 15 is 0 Å². The molecule has 17 heteroatoms. The minimum absolute atomic E-state index is 0. The summed E-state index contributed by atoms with van der Waals surface area (Å²) in [5.74, 6) is -1.28. The van der Waals surface area contributed by atoms with Gasteiger partial charge in [0.1, 0.15) is 30.2 Å². The molecule has 1 saturated heterocycles. The van der Waals surface area contributed by atoms with E-state index in [9.17, 15) is 24.2 Å². The van der Waals surface area contributed by atoms with Gasteiger partial charge < -0.3 is 39.9 Å². The van der Waals surface area contributed by atoms with E-state index in [-0.39, 0.29) is 46.5 Å². The summed E-state index contributed by atoms with van der Waals surface area (Å²) in [4.78, 5) is 38.8. The molecular weight excluding hydrogens is 431 g/mol. The van der Waals surface area contributed by atoms with Gasteiger partial charge in [-0.3, -0.25) is 13.7 Å². The second-order valence-corrected chi connectivity index (χ2v) is 9.86. The predicted molar refractivity (Wildman–Crippen MR) is 94.1 cm³/mol. The van der Waals surface area contributed by atoms with Gasteiger partial charge in [0.05, 0.1) is 12.9 Å². The maximum Gasteiger partial charge on any atom is 0.340 e. The van der Waals surface area contributed by atoms with Crippen molar-refractivity contribution in [2.75, 3.05) is 18.2 Å². The van der Waals surface area contributed by atoms with Gasteiger partial charge in [-0.25, -0.2) is 15.0 Å². The summed E-state index contributed by atoms with van der Waals surface area (Å²) >= 11 is 0. The summed E-state index contributed by atoms with van der Waals surface area (Å²) in [6.07, 6.45) is -2.94. The molecule has 3 rings (SSSR count). The van der Waals surface area contributed by atoms with Crippen molar-refractivity contribution in [1.82, 2.24) is 19.5 Å². The van der Waals surface area contributed by atoms with Crippen molar-refractivity contribution in [3.8, 4) is 0 Å². The smallest absolute Gasteiger partial charge is 0.340 e. The second kappa shape index (κ2) is 8.72. The van der Waals surface area contributed by atoms with Crippen LogP contribution in [0.1, 0.15) is 6.23 Å². The van der Waals surface area contributed by atoms with Crippen LogP contribution in [0.4, 0.5) is 5.82 Å². The van der Waals surface area contributed by atoms with Crippen LogP contribution in [0.3, 0.4) is 0 Å². The third kappa shape index (κ3) is 5.17. The number of nitrogens with two attached hydrogens (primary N) is 1. The van der Waals surface area contributed by atoms with Crippen LogP contribution in [0.2, 0.25) is 0 Å². The normalized spacial score (nSPS) is 27.5. The molecule has 28 heavy (non-hydrogen) atoms. The molecule has 1 unspecified atom stereocenters. The number of rotatable bonds is 6. The summed E-state index contributed by atoms with van der Waals surface area (Å²) in [7, 11) is -9.42. The standard InChI is InChI=1S/C11H17N5O9P2.Na/c12-9-6-10(14-2-13-9)16(3-15-6)11-8(18)7(17)5(25-11)1-24-27(22,23)4-26(19,20)21;/h2-3,5,7-8,11,17-18H,1,4H2,(H,22,23)(H2,12,13,14)(H2,19,20,21);/t5-,7-,8-,11-;/m1./s1. The quantitative estimate of drug-likeness (QED) is 0.208. The molecule has 5 atom stereocenters. The third-order valence-electron chi connectivity index (χ3n) is 3.80. The van der Waals surface area contributed by atoms with Gasteiger partial charge >= 0.3 is 15.2 Å². The molecule has 7 N–H and O–H groups in total. The zero-order chi connectivity index (χ0) is 20.0. The van der Waals surface area contributed by atoms with E-state index in [2.05, 4.69) is 19.5 Å². The Bertz CT molecular complexity index is 938. The summed E-state index contributed by atoms with van der Waals surface area (Å²) in [6.45, 7) is -0.688. The second-order valence-electron chi connectivity index (χ2n) is 5.87. The van der Waals surface area contributed by atoms with Crippen molar-refractivity contribution >= 4 is 61.7 Å². The molecule has 0 bridgehead atoms. The first-order chi connectivity index (χ1) is 12.5. The number of fused-ring (bicyclic) bond motifs is 1. The van der Waals surface area contributed by atoms with Gasteiger partial charge in [-0.05, 0) is 0 Å². The number of aromatic nitrogens is 4. The number of ether oxygens (including phenoxy) is 1. The minimum atomic E-state index is -4.79. The molecule has 151 valence electrons. The maximum absolute atomic E-state index is 11.7. The van der Waals surface area contributed by atoms with Gasteiger partial charge in [0.15, 0.2) is 23.6 Å². The van der Waals surface area contributed by atoms with Crippen molar-refractivity contribution in [2.24, 2.45) is 0 Å². The molecule has 0 saturated carbocycles. The van der Waals surface area contributed by atoms with Crippen molar-refractivity contribution in [2.45, 2.75) is 24.5 Å². The van der Waals surface area contributed by atoms with E-state index in [1.807, 2.05) is 0 Å². The first-order valence-electron chi connectivity index (χ1n) is 7.44. The molecule has 0 aliphatic carbocycles. The Labute approximate surface area is 179 Å². The molecule has 0 spiro atoms. The predicted octanol–water partition coefficient (Wildman–Crippen LogP) is -2.02. The fourth-order valence-electron chi connectivity index (χ4n) is 2.62. The van der Waals surface area contributed by atoms with Gasteiger partial charge in [0.25, 0.3) is 0 Å². The molecule has 1 radical (unpaired) electrons. The topological polar surface area (TPSA) is 223 Å². The number of nitrogens with zero attached hydrogens (tertiary/aromatic N) is 4. The fraction of sp³-hybridized carbons (Fsp3) is 0.545. The molecule has 14 nitrogen and oxygen atoms in total. The molecule has 1 aliphatic rings. The van der Waals surface area contributed by atoms with Gasteiger partial charge in [-0.2, -0.15) is 0 Å². The molecule has 0 aromatic carbocycles. The number of nitrogen functional groups attached to an aromatic ring is 1. The van der Waals surface area contributed by atoms with Crippen LogP contribution in [0, 0.1) is 0 Å². The molecule has 1 aliphatic heterocycles. The number of hydrogen-bond donors (Lipinski definition) is 6. The number of anilines is 1. The van der Waals surface area contributed by atoms with Crippen LogP contribution in [0.25, 0.3) is 11.2 Å². The molecule has 2 aromatic rings. The van der Waals surface area contributed by atoms with Crippen LogP contribution in [0.5, 0.6) is 0 Å². The van der Waals surface area contributed by atoms with Crippen LogP contribution >= 0.6 is 15.2 Å². The van der Waals surface area contributed by atoms with Crippen molar-refractivity contribution in [1.29, 1.82) is 0 Å². The minimum Gasteiger partial charge on any atom is -0.387 e. The maximum atomic E-state index is 11.7. The Morgan fingerprint density at radius 1 is 1.18 bits per heavy atom. The van der Waals surface area contributed by atoms with Gasteiger partial charge in [-0.15, -0.1) is 0 Å². The number of aliphatic hydroxyl groups is 2. The van der Waals surface area contributed by atoms with Crippen LogP contribution in [0.15, 0.2) is 12.7 Å². The first kappa shape index (κ1) is 23.8. The van der Waals surface area contributed by atoms with Gasteiger partial charge in [0, 0.05) is 29.6 Å². The van der Waals surface area contributed by atoms with Gasteiger partial charge in [0.2, 0.25) is 0 Å². The van der Waals surface area contributed by atoms with E-state index in [1.54, 1.807) is 0 Å². The monoisotopic (exact) mass is 448 g/mol. The SMILES string of the molecule is Nc1ncnc2c1ncn2[C@@H]1O[C@H](COP(=O)(O)CP(=O)(O)O)[C@@H](O)[C@H]1O.[Na]. The van der Waals surface area contributed by atoms with Gasteiger partial charge in [-0.1, -0.05) is 0 Å². The Morgan fingerprint density at radius 3 is 2.50 bits per heavy atom. The Hall–Kier alpha value is -0.470. The van der Waals surface area contributed by atoms with Crippen LogP contribution in [-0.4, -0.2) is 105 Å². The van der Waals surface area contributed by atoms with Crippen LogP contribution in [-0.2, 0) is 18.4 Å². The zero-order valence-corrected chi connectivity index (χ0v) is 18.3. The summed E-state index contributed by atoms with van der Waals surface area (Å²) in [5.41, 5.74) is 6.17. The molecular formula is C11H17N5NaO9P2. The third-order valence-corrected chi connectivity index (χ3v) is 7.26. The van der Waals surface area contributed by atoms with Crippen molar-refractivity contribution < 1.29 is 43.3 Å². The van der Waals surface area contributed by atoms with E-state index in [0.717, 1.165) is 0 Å². The summed E-state index contributed by atoms with van der Waals surface area (Å²) in [6, 6.07) is 0. The molecule has 0 amide bonds. The Morgan fingerprint density at radius 2 is 1.86 bits per heavy atom. The van der Waals surface area contributed by atoms with Crippen molar-refractivity contribution in [3.05, 3.63) is 12.7 Å². The fourth-order valence-corrected chi connectivity index (χ4v) is 5.19.